The maximum atomic E-state index is 13.2. The molecule has 5 nitrogen and oxygen atoms in total. The van der Waals surface area contributed by atoms with Gasteiger partial charge in [-0.25, -0.2) is 4.39 Å². The first-order valence-corrected chi connectivity index (χ1v) is 10.1. The molecule has 2 aromatic carbocycles. The molecule has 0 fully saturated rings. The van der Waals surface area contributed by atoms with Gasteiger partial charge in [-0.05, 0) is 47.7 Å². The molecule has 1 heterocycles. The number of halogens is 1. The summed E-state index contributed by atoms with van der Waals surface area (Å²) in [4.78, 5) is 23.9. The van der Waals surface area contributed by atoms with Crippen LogP contribution in [0.3, 0.4) is 0 Å². The molecule has 29 heavy (non-hydrogen) atoms. The van der Waals surface area contributed by atoms with Crippen molar-refractivity contribution >= 4 is 28.8 Å². The fourth-order valence-corrected chi connectivity index (χ4v) is 3.26. The molecule has 3 rings (SSSR count). The third-order valence-electron chi connectivity index (χ3n) is 4.06. The van der Waals surface area contributed by atoms with Crippen molar-refractivity contribution in [1.29, 1.82) is 0 Å². The Hall–Kier alpha value is -3.19. The molecule has 0 unspecified atom stereocenters. The van der Waals surface area contributed by atoms with E-state index in [2.05, 4.69) is 10.6 Å². The van der Waals surface area contributed by atoms with Crippen molar-refractivity contribution in [3.63, 3.8) is 0 Å². The number of thiophene rings is 1. The van der Waals surface area contributed by atoms with E-state index in [1.165, 1.54) is 23.5 Å². The molecule has 0 bridgehead atoms. The maximum Gasteiger partial charge on any atom is 0.252 e. The summed E-state index contributed by atoms with van der Waals surface area (Å²) in [6, 6.07) is 15.0. The van der Waals surface area contributed by atoms with Gasteiger partial charge in [-0.3, -0.25) is 9.59 Å². The minimum absolute atomic E-state index is 0.130. The minimum Gasteiger partial charge on any atom is -0.489 e. The summed E-state index contributed by atoms with van der Waals surface area (Å²) in [5.74, 6) is 0.000538. The number of rotatable bonds is 9. The average Bonchev–Trinajstić information content (AvgIpc) is 3.25. The lowest BCUT2D eigenvalue weighted by Gasteiger charge is -2.10. The zero-order valence-electron chi connectivity index (χ0n) is 15.7. The summed E-state index contributed by atoms with van der Waals surface area (Å²) in [5.41, 5.74) is 1.98. The van der Waals surface area contributed by atoms with Crippen molar-refractivity contribution in [3.05, 3.63) is 82.3 Å². The van der Waals surface area contributed by atoms with E-state index in [1.807, 2.05) is 5.38 Å². The smallest absolute Gasteiger partial charge is 0.252 e. The molecule has 0 spiro atoms. The fourth-order valence-electron chi connectivity index (χ4n) is 2.63. The highest BCUT2D eigenvalue weighted by molar-refractivity contribution is 7.08. The predicted octanol–water partition coefficient (Wildman–Crippen LogP) is 4.61. The van der Waals surface area contributed by atoms with Crippen LogP contribution in [0.5, 0.6) is 5.75 Å². The van der Waals surface area contributed by atoms with Crippen LogP contribution in [0.1, 0.15) is 28.8 Å². The van der Waals surface area contributed by atoms with Crippen molar-refractivity contribution < 1.29 is 18.7 Å². The first-order chi connectivity index (χ1) is 14.1. The molecular weight excluding hydrogens is 391 g/mol. The number of anilines is 1. The number of amides is 2. The van der Waals surface area contributed by atoms with Gasteiger partial charge in [-0.2, -0.15) is 11.3 Å². The van der Waals surface area contributed by atoms with Gasteiger partial charge in [0.25, 0.3) is 5.91 Å². The SMILES string of the molecule is O=C(CCCNC(=O)c1ccsc1)Nc1cccc(OCc2cccc(F)c2)c1. The van der Waals surface area contributed by atoms with E-state index in [4.69, 9.17) is 4.74 Å². The number of hydrogen-bond acceptors (Lipinski definition) is 4. The van der Waals surface area contributed by atoms with Gasteiger partial charge in [0.1, 0.15) is 18.2 Å². The first kappa shape index (κ1) is 20.5. The Kier molecular flexibility index (Phi) is 7.35. The molecular formula is C22H21FN2O3S. The molecule has 0 saturated carbocycles. The van der Waals surface area contributed by atoms with E-state index >= 15 is 0 Å². The number of ether oxygens (including phenoxy) is 1. The Bertz CT molecular complexity index is 960. The molecule has 2 amide bonds. The van der Waals surface area contributed by atoms with E-state index in [1.54, 1.807) is 47.8 Å². The highest BCUT2D eigenvalue weighted by Crippen LogP contribution is 2.19. The lowest BCUT2D eigenvalue weighted by atomic mass is 10.2. The molecule has 150 valence electrons. The summed E-state index contributed by atoms with van der Waals surface area (Å²) >= 11 is 1.47. The van der Waals surface area contributed by atoms with Crippen LogP contribution in [0.25, 0.3) is 0 Å². The Morgan fingerprint density at radius 1 is 1.07 bits per heavy atom. The summed E-state index contributed by atoms with van der Waals surface area (Å²) in [5, 5.41) is 9.23. The van der Waals surface area contributed by atoms with Crippen molar-refractivity contribution in [3.8, 4) is 5.75 Å². The molecule has 0 aliphatic heterocycles. The van der Waals surface area contributed by atoms with E-state index in [0.29, 0.717) is 30.0 Å². The number of nitrogens with one attached hydrogen (secondary N) is 2. The largest absolute Gasteiger partial charge is 0.489 e. The van der Waals surface area contributed by atoms with E-state index in [9.17, 15) is 14.0 Å². The van der Waals surface area contributed by atoms with Crippen LogP contribution in [0.2, 0.25) is 0 Å². The van der Waals surface area contributed by atoms with Crippen LogP contribution in [-0.2, 0) is 11.4 Å². The van der Waals surface area contributed by atoms with Crippen molar-refractivity contribution in [2.45, 2.75) is 19.4 Å². The Labute approximate surface area is 172 Å². The summed E-state index contributed by atoms with van der Waals surface area (Å²) in [6.45, 7) is 0.665. The highest BCUT2D eigenvalue weighted by Gasteiger charge is 2.07. The molecule has 0 atom stereocenters. The van der Waals surface area contributed by atoms with Gasteiger partial charge in [-0.1, -0.05) is 18.2 Å². The molecule has 0 aliphatic rings. The van der Waals surface area contributed by atoms with Crippen LogP contribution in [0.4, 0.5) is 10.1 Å². The Morgan fingerprint density at radius 2 is 1.93 bits per heavy atom. The lowest BCUT2D eigenvalue weighted by Crippen LogP contribution is -2.25. The quantitative estimate of drug-likeness (QED) is 0.504. The molecule has 0 radical (unpaired) electrons. The minimum atomic E-state index is -0.307. The van der Waals surface area contributed by atoms with Gasteiger partial charge >= 0.3 is 0 Å². The molecule has 2 N–H and O–H groups in total. The van der Waals surface area contributed by atoms with E-state index in [0.717, 1.165) is 5.56 Å². The van der Waals surface area contributed by atoms with Crippen LogP contribution in [0, 0.1) is 5.82 Å². The van der Waals surface area contributed by atoms with Crippen molar-refractivity contribution in [2.75, 3.05) is 11.9 Å². The van der Waals surface area contributed by atoms with Crippen LogP contribution < -0.4 is 15.4 Å². The predicted molar refractivity (Wildman–Crippen MR) is 112 cm³/mol. The first-order valence-electron chi connectivity index (χ1n) is 9.18. The topological polar surface area (TPSA) is 67.4 Å². The number of carbonyl (C=O) groups is 2. The highest BCUT2D eigenvalue weighted by atomic mass is 32.1. The number of benzene rings is 2. The van der Waals surface area contributed by atoms with Gasteiger partial charge in [-0.15, -0.1) is 0 Å². The van der Waals surface area contributed by atoms with Gasteiger partial charge in [0.15, 0.2) is 0 Å². The summed E-state index contributed by atoms with van der Waals surface area (Å²) in [6.07, 6.45) is 0.829. The molecule has 0 aliphatic carbocycles. The van der Waals surface area contributed by atoms with Crippen LogP contribution in [-0.4, -0.2) is 18.4 Å². The summed E-state index contributed by atoms with van der Waals surface area (Å²) < 4.78 is 18.9. The van der Waals surface area contributed by atoms with Gasteiger partial charge in [0, 0.05) is 35.7 Å². The lowest BCUT2D eigenvalue weighted by molar-refractivity contribution is -0.116. The second-order valence-electron chi connectivity index (χ2n) is 6.37. The number of carbonyl (C=O) groups excluding carboxylic acids is 2. The van der Waals surface area contributed by atoms with Crippen molar-refractivity contribution in [1.82, 2.24) is 5.32 Å². The van der Waals surface area contributed by atoms with E-state index in [-0.39, 0.29) is 30.7 Å². The molecule has 7 heteroatoms. The van der Waals surface area contributed by atoms with Gasteiger partial charge < -0.3 is 15.4 Å². The standard InChI is InChI=1S/C22H21FN2O3S/c23-18-5-1-4-16(12-18)14-28-20-7-2-6-19(13-20)25-21(26)8-3-10-24-22(27)17-9-11-29-15-17/h1-2,4-7,9,11-13,15H,3,8,10,14H2,(H,24,27)(H,25,26). The molecule has 3 aromatic rings. The average molecular weight is 412 g/mol. The maximum absolute atomic E-state index is 13.2. The van der Waals surface area contributed by atoms with Crippen LogP contribution in [0.15, 0.2) is 65.4 Å². The second kappa shape index (κ2) is 10.4. The Balaban J connectivity index is 1.41. The summed E-state index contributed by atoms with van der Waals surface area (Å²) in [7, 11) is 0. The molecule has 0 saturated heterocycles. The molecule has 1 aromatic heterocycles. The number of hydrogen-bond donors (Lipinski definition) is 2. The second-order valence-corrected chi connectivity index (χ2v) is 7.15. The monoisotopic (exact) mass is 412 g/mol. The zero-order valence-corrected chi connectivity index (χ0v) is 16.5. The zero-order chi connectivity index (χ0) is 20.5. The Morgan fingerprint density at radius 3 is 2.72 bits per heavy atom. The van der Waals surface area contributed by atoms with Crippen LogP contribution >= 0.6 is 11.3 Å². The van der Waals surface area contributed by atoms with Gasteiger partial charge in [0.2, 0.25) is 5.91 Å². The normalized spacial score (nSPS) is 10.4. The fraction of sp³-hybridized carbons (Fsp3) is 0.182. The van der Waals surface area contributed by atoms with Crippen molar-refractivity contribution in [2.24, 2.45) is 0 Å². The van der Waals surface area contributed by atoms with E-state index < -0.39 is 0 Å². The third-order valence-corrected chi connectivity index (χ3v) is 4.75. The van der Waals surface area contributed by atoms with Gasteiger partial charge in [0.05, 0.1) is 0 Å². The third kappa shape index (κ3) is 6.73.